The molecule has 6 fully saturated rings. The van der Waals surface area contributed by atoms with Gasteiger partial charge in [-0.25, -0.2) is 4.99 Å². The quantitative estimate of drug-likeness (QED) is 0.0261. The number of aliphatic hydroxyl groups excluding tert-OH is 1. The lowest BCUT2D eigenvalue weighted by Crippen LogP contribution is -2.56. The highest BCUT2D eigenvalue weighted by Gasteiger charge is 2.67. The Morgan fingerprint density at radius 3 is 2.55 bits per heavy atom. The number of allylic oxidation sites excluding steroid dienone is 1. The van der Waals surface area contributed by atoms with E-state index in [-0.39, 0.29) is 46.8 Å². The number of aliphatic hydroxyl groups is 2. The SMILES string of the molecule is C=C1CC2(CCC(CCC3(O)CCCC(O)C3)C2)C2OC2(C)CCC2C1CC2(C)C1CC(C(NC(N)=NC)NC(N)=NC2CCCc3ccc4cocc4c3C2)CC1Cc1ccc(O)cc1. The van der Waals surface area contributed by atoms with Gasteiger partial charge in [-0.3, -0.25) is 4.99 Å². The number of benzene rings is 2. The van der Waals surface area contributed by atoms with Gasteiger partial charge in [0, 0.05) is 29.7 Å². The van der Waals surface area contributed by atoms with Crippen LogP contribution >= 0.6 is 0 Å². The van der Waals surface area contributed by atoms with Crippen LogP contribution in [0.15, 0.2) is 75.5 Å². The molecular formula is C55H78N6O5. The molecule has 358 valence electrons. The molecule has 0 amide bonds. The first-order valence-electron chi connectivity index (χ1n) is 25.7. The zero-order chi connectivity index (χ0) is 46.0. The van der Waals surface area contributed by atoms with Crippen molar-refractivity contribution in [2.75, 3.05) is 7.05 Å². The summed E-state index contributed by atoms with van der Waals surface area (Å²) in [5.41, 5.74) is 18.2. The summed E-state index contributed by atoms with van der Waals surface area (Å²) >= 11 is 0. The number of ether oxygens (including phenoxy) is 1. The van der Waals surface area contributed by atoms with E-state index in [0.717, 1.165) is 115 Å². The first kappa shape index (κ1) is 45.7. The van der Waals surface area contributed by atoms with Crippen LogP contribution in [-0.4, -0.2) is 69.9 Å². The van der Waals surface area contributed by atoms with Crippen LogP contribution in [-0.2, 0) is 24.0 Å². The van der Waals surface area contributed by atoms with Gasteiger partial charge in [0.15, 0.2) is 11.9 Å². The van der Waals surface area contributed by atoms with Crippen molar-refractivity contribution in [3.63, 3.8) is 0 Å². The summed E-state index contributed by atoms with van der Waals surface area (Å²) in [7, 11) is 1.72. The van der Waals surface area contributed by atoms with Crippen LogP contribution in [0.1, 0.15) is 140 Å². The molecule has 1 aliphatic heterocycles. The Balaban J connectivity index is 0.874. The van der Waals surface area contributed by atoms with Crippen LogP contribution in [0.3, 0.4) is 0 Å². The molecule has 9 N–H and O–H groups in total. The molecule has 5 saturated carbocycles. The van der Waals surface area contributed by atoms with Gasteiger partial charge in [-0.05, 0) is 199 Å². The number of aliphatic imine (C=N–C) groups is 2. The van der Waals surface area contributed by atoms with Gasteiger partial charge in [0.1, 0.15) is 11.9 Å². The van der Waals surface area contributed by atoms with Gasteiger partial charge in [0.25, 0.3) is 0 Å². The zero-order valence-corrected chi connectivity index (χ0v) is 39.9. The van der Waals surface area contributed by atoms with Gasteiger partial charge in [0.2, 0.25) is 0 Å². The Morgan fingerprint density at radius 1 is 0.924 bits per heavy atom. The third-order valence-electron chi connectivity index (χ3n) is 19.0. The van der Waals surface area contributed by atoms with Gasteiger partial charge >= 0.3 is 0 Å². The van der Waals surface area contributed by atoms with E-state index >= 15 is 0 Å². The van der Waals surface area contributed by atoms with Crippen molar-refractivity contribution < 1.29 is 24.5 Å². The van der Waals surface area contributed by atoms with Gasteiger partial charge in [-0.1, -0.05) is 43.3 Å². The number of furan rings is 1. The van der Waals surface area contributed by atoms with Crippen LogP contribution < -0.4 is 22.1 Å². The molecule has 1 saturated heterocycles. The molecule has 0 radical (unpaired) electrons. The van der Waals surface area contributed by atoms with Crippen molar-refractivity contribution in [1.29, 1.82) is 0 Å². The number of epoxide rings is 1. The number of hydrogen-bond acceptors (Lipinski definition) is 7. The zero-order valence-electron chi connectivity index (χ0n) is 39.9. The predicted octanol–water partition coefficient (Wildman–Crippen LogP) is 8.81. The van der Waals surface area contributed by atoms with E-state index in [1.165, 1.54) is 40.5 Å². The molecule has 2 heterocycles. The number of nitrogens with two attached hydrogens (primary N) is 2. The van der Waals surface area contributed by atoms with Crippen LogP contribution in [0.5, 0.6) is 5.75 Å². The highest BCUT2D eigenvalue weighted by atomic mass is 16.6. The minimum atomic E-state index is -0.720. The first-order valence-corrected chi connectivity index (χ1v) is 25.7. The second-order valence-electron chi connectivity index (χ2n) is 23.3. The number of aromatic hydroxyl groups is 1. The number of fused-ring (bicyclic) bond motifs is 6. The molecule has 6 aliphatic carbocycles. The van der Waals surface area contributed by atoms with Crippen molar-refractivity contribution in [2.45, 2.75) is 178 Å². The number of phenols is 1. The number of phenolic OH excluding ortho intramolecular Hbond substituents is 1. The van der Waals surface area contributed by atoms with Crippen LogP contribution in [0.2, 0.25) is 0 Å². The molecule has 14 unspecified atom stereocenters. The van der Waals surface area contributed by atoms with E-state index in [1.54, 1.807) is 7.05 Å². The lowest BCUT2D eigenvalue weighted by molar-refractivity contribution is -0.0831. The molecule has 11 nitrogen and oxygen atoms in total. The maximum absolute atomic E-state index is 11.4. The van der Waals surface area contributed by atoms with Gasteiger partial charge in [-0.15, -0.1) is 0 Å². The summed E-state index contributed by atoms with van der Waals surface area (Å²) in [5, 5.41) is 41.5. The van der Waals surface area contributed by atoms with Crippen molar-refractivity contribution in [2.24, 2.45) is 67.8 Å². The summed E-state index contributed by atoms with van der Waals surface area (Å²) in [4.78, 5) is 9.51. The highest BCUT2D eigenvalue weighted by Crippen LogP contribution is 2.70. The Kier molecular flexibility index (Phi) is 12.3. The van der Waals surface area contributed by atoms with E-state index in [1.807, 2.05) is 24.7 Å². The third kappa shape index (κ3) is 8.90. The molecule has 11 heteroatoms. The van der Waals surface area contributed by atoms with E-state index in [2.05, 4.69) is 53.7 Å². The first-order chi connectivity index (χ1) is 31.6. The number of nitrogens with one attached hydrogen (secondary N) is 2. The average Bonchev–Trinajstić information content (AvgIpc) is 3.59. The number of nitrogens with zero attached hydrogens (tertiary/aromatic N) is 2. The fourth-order valence-electron chi connectivity index (χ4n) is 15.6. The van der Waals surface area contributed by atoms with Crippen LogP contribution in [0.4, 0.5) is 0 Å². The van der Waals surface area contributed by atoms with Gasteiger partial charge < -0.3 is 46.6 Å². The summed E-state index contributed by atoms with van der Waals surface area (Å²) in [6, 6.07) is 12.3. The lowest BCUT2D eigenvalue weighted by atomic mass is 9.45. The largest absolute Gasteiger partial charge is 0.508 e. The number of aryl methyl sites for hydroxylation is 1. The predicted molar refractivity (Wildman–Crippen MR) is 262 cm³/mol. The van der Waals surface area contributed by atoms with E-state index in [4.69, 9.17) is 32.2 Å². The fraction of sp³-hybridized carbons (Fsp3) is 0.673. The summed E-state index contributed by atoms with van der Waals surface area (Å²) in [6.45, 7) is 9.93. The second kappa shape index (κ2) is 17.8. The molecular weight excluding hydrogens is 825 g/mol. The summed E-state index contributed by atoms with van der Waals surface area (Å²) in [6.07, 6.45) is 22.9. The van der Waals surface area contributed by atoms with Crippen molar-refractivity contribution in [1.82, 2.24) is 10.6 Å². The van der Waals surface area contributed by atoms with E-state index in [0.29, 0.717) is 53.7 Å². The number of rotatable bonds is 10. The Morgan fingerprint density at radius 2 is 1.74 bits per heavy atom. The molecule has 14 atom stereocenters. The normalized spacial score (nSPS) is 39.7. The Bertz CT molecular complexity index is 2310. The van der Waals surface area contributed by atoms with Crippen LogP contribution in [0.25, 0.3) is 10.8 Å². The summed E-state index contributed by atoms with van der Waals surface area (Å²) < 4.78 is 12.5. The lowest BCUT2D eigenvalue weighted by Gasteiger charge is -2.59. The number of guanidine groups is 2. The molecule has 7 aliphatic rings. The fourth-order valence-corrected chi connectivity index (χ4v) is 15.6. The molecule has 0 bridgehead atoms. The molecule has 1 aromatic heterocycles. The maximum atomic E-state index is 11.4. The minimum Gasteiger partial charge on any atom is -0.508 e. The third-order valence-corrected chi connectivity index (χ3v) is 19.0. The average molecular weight is 903 g/mol. The van der Waals surface area contributed by atoms with Gasteiger partial charge in [0.05, 0.1) is 42.0 Å². The standard InChI is InChI=1S/C55H78N6O5/c1-33-27-54(21-16-35(28-54)17-22-55(64)19-6-9-42(63)29-55)49-53(3,66-49)20-18-46-44(33)30-52(46,2)47-25-39(24-38(47)23-34-10-14-41(62)15-11-34)48(60-50(56)58-4)61-51(57)59-40-8-5-7-36-12-13-37-31-65-32-45(37)43(36)26-40/h10-15,31-32,35,38-40,42,44,46-49,62-64H,1,5-9,16-30H2,2-4H3,(H3,56,58,60)(H3,57,59,61). The van der Waals surface area contributed by atoms with Crippen molar-refractivity contribution >= 4 is 22.7 Å². The minimum absolute atomic E-state index is 0.0494. The molecule has 1 spiro atoms. The molecule has 2 aromatic carbocycles. The van der Waals surface area contributed by atoms with Crippen molar-refractivity contribution in [3.05, 3.63) is 77.8 Å². The smallest absolute Gasteiger partial charge is 0.190 e. The molecule has 3 aromatic rings. The monoisotopic (exact) mass is 903 g/mol. The van der Waals surface area contributed by atoms with E-state index < -0.39 is 5.60 Å². The topological polar surface area (TPSA) is 187 Å². The number of hydrogen-bond donors (Lipinski definition) is 7. The maximum Gasteiger partial charge on any atom is 0.190 e. The Labute approximate surface area is 392 Å². The second-order valence-corrected chi connectivity index (χ2v) is 23.3. The Hall–Kier alpha value is -4.06. The molecule has 66 heavy (non-hydrogen) atoms. The highest BCUT2D eigenvalue weighted by molar-refractivity contribution is 5.86. The molecule has 10 rings (SSSR count). The van der Waals surface area contributed by atoms with E-state index in [9.17, 15) is 15.3 Å². The summed E-state index contributed by atoms with van der Waals surface area (Å²) in [5.74, 6) is 3.77. The van der Waals surface area contributed by atoms with Crippen molar-refractivity contribution in [3.8, 4) is 5.75 Å². The van der Waals surface area contributed by atoms with Gasteiger partial charge in [-0.2, -0.15) is 0 Å². The van der Waals surface area contributed by atoms with Crippen LogP contribution in [0, 0.1) is 46.3 Å².